The molecule has 2 amide bonds. The molecule has 1 saturated heterocycles. The first kappa shape index (κ1) is 16.4. The molecule has 0 bridgehead atoms. The maximum Gasteiger partial charge on any atom is 0.272 e. The number of pyridine rings is 1. The van der Waals surface area contributed by atoms with Gasteiger partial charge in [-0.1, -0.05) is 6.07 Å². The van der Waals surface area contributed by atoms with Gasteiger partial charge in [-0.2, -0.15) is 0 Å². The van der Waals surface area contributed by atoms with Gasteiger partial charge in [-0.25, -0.2) is 4.98 Å². The number of nitrogens with one attached hydrogen (secondary N) is 1. The molecule has 22 heavy (non-hydrogen) atoms. The van der Waals surface area contributed by atoms with Crippen molar-refractivity contribution in [1.29, 1.82) is 0 Å². The number of carbonyl (C=O) groups is 2. The van der Waals surface area contributed by atoms with E-state index in [0.29, 0.717) is 18.8 Å². The third-order valence-corrected chi connectivity index (χ3v) is 3.48. The van der Waals surface area contributed by atoms with E-state index in [-0.39, 0.29) is 23.0 Å². The largest absolute Gasteiger partial charge is 0.346 e. The molecule has 1 fully saturated rings. The fraction of sp³-hybridized carbons (Fsp3) is 0.562. The summed E-state index contributed by atoms with van der Waals surface area (Å²) >= 11 is 0. The molecular formula is C16H24N4O2. The van der Waals surface area contributed by atoms with Gasteiger partial charge < -0.3 is 15.1 Å². The Morgan fingerprint density at radius 2 is 1.68 bits per heavy atom. The normalized spacial score (nSPS) is 16.5. The molecule has 0 saturated carbocycles. The smallest absolute Gasteiger partial charge is 0.272 e. The summed E-state index contributed by atoms with van der Waals surface area (Å²) in [6, 6.07) is 4.99. The van der Waals surface area contributed by atoms with E-state index in [4.69, 9.17) is 0 Å². The van der Waals surface area contributed by atoms with Crippen LogP contribution < -0.4 is 5.32 Å². The Balaban J connectivity index is 2.11. The third-order valence-electron chi connectivity index (χ3n) is 3.48. The van der Waals surface area contributed by atoms with Crippen molar-refractivity contribution in [3.63, 3.8) is 0 Å². The first-order chi connectivity index (χ1) is 10.3. The molecule has 0 aromatic carbocycles. The number of amides is 2. The van der Waals surface area contributed by atoms with Crippen LogP contribution in [0.4, 0.5) is 0 Å². The SMILES string of the molecule is CN1CCN(C(=O)c2cccc(C(=O)NC(C)(C)C)n2)CC1. The van der Waals surface area contributed by atoms with Crippen LogP contribution in [0.1, 0.15) is 41.7 Å². The fourth-order valence-electron chi connectivity index (χ4n) is 2.26. The van der Waals surface area contributed by atoms with Gasteiger partial charge in [0.25, 0.3) is 11.8 Å². The van der Waals surface area contributed by atoms with Crippen molar-refractivity contribution < 1.29 is 9.59 Å². The second kappa shape index (κ2) is 6.44. The molecule has 1 aliphatic rings. The van der Waals surface area contributed by atoms with Crippen LogP contribution in [-0.4, -0.2) is 65.4 Å². The predicted octanol–water partition coefficient (Wildman–Crippen LogP) is 0.997. The number of likely N-dealkylation sites (N-methyl/N-ethyl adjacent to an activating group) is 1. The van der Waals surface area contributed by atoms with Crippen LogP contribution in [0.3, 0.4) is 0 Å². The topological polar surface area (TPSA) is 65.5 Å². The standard InChI is InChI=1S/C16H24N4O2/c1-16(2,3)18-14(21)12-6-5-7-13(17-12)15(22)20-10-8-19(4)9-11-20/h5-7H,8-11H2,1-4H3,(H,18,21). The number of rotatable bonds is 2. The van der Waals surface area contributed by atoms with Crippen molar-refractivity contribution in [3.05, 3.63) is 29.6 Å². The molecule has 0 aliphatic carbocycles. The van der Waals surface area contributed by atoms with Gasteiger partial charge in [-0.3, -0.25) is 9.59 Å². The highest BCUT2D eigenvalue weighted by molar-refractivity contribution is 5.96. The molecule has 1 aliphatic heterocycles. The Kier molecular flexibility index (Phi) is 4.81. The maximum atomic E-state index is 12.5. The van der Waals surface area contributed by atoms with Gasteiger partial charge >= 0.3 is 0 Å². The van der Waals surface area contributed by atoms with Crippen molar-refractivity contribution in [2.75, 3.05) is 33.2 Å². The average molecular weight is 304 g/mol. The Bertz CT molecular complexity index is 558. The van der Waals surface area contributed by atoms with Gasteiger partial charge in [-0.05, 0) is 40.0 Å². The van der Waals surface area contributed by atoms with E-state index < -0.39 is 0 Å². The molecule has 1 aromatic rings. The predicted molar refractivity (Wildman–Crippen MR) is 84.9 cm³/mol. The van der Waals surface area contributed by atoms with E-state index >= 15 is 0 Å². The number of piperazine rings is 1. The van der Waals surface area contributed by atoms with Crippen molar-refractivity contribution in [2.24, 2.45) is 0 Å². The van der Waals surface area contributed by atoms with Gasteiger partial charge in [0.1, 0.15) is 11.4 Å². The Morgan fingerprint density at radius 1 is 1.09 bits per heavy atom. The number of nitrogens with zero attached hydrogens (tertiary/aromatic N) is 3. The molecule has 0 radical (unpaired) electrons. The molecule has 2 rings (SSSR count). The summed E-state index contributed by atoms with van der Waals surface area (Å²) in [5.41, 5.74) is 0.261. The Morgan fingerprint density at radius 3 is 2.27 bits per heavy atom. The van der Waals surface area contributed by atoms with E-state index in [1.165, 1.54) is 0 Å². The number of carbonyl (C=O) groups excluding carboxylic acids is 2. The summed E-state index contributed by atoms with van der Waals surface area (Å²) < 4.78 is 0. The Hall–Kier alpha value is -1.95. The summed E-state index contributed by atoms with van der Waals surface area (Å²) in [6.45, 7) is 8.81. The quantitative estimate of drug-likeness (QED) is 0.885. The lowest BCUT2D eigenvalue weighted by Gasteiger charge is -2.32. The van der Waals surface area contributed by atoms with Gasteiger partial charge in [0.2, 0.25) is 0 Å². The lowest BCUT2D eigenvalue weighted by molar-refractivity contribution is 0.0658. The second-order valence-electron chi connectivity index (χ2n) is 6.71. The van der Waals surface area contributed by atoms with Crippen LogP contribution in [0.15, 0.2) is 18.2 Å². The highest BCUT2D eigenvalue weighted by atomic mass is 16.2. The number of hydrogen-bond donors (Lipinski definition) is 1. The zero-order valence-electron chi connectivity index (χ0n) is 13.7. The van der Waals surface area contributed by atoms with Crippen LogP contribution in [0.5, 0.6) is 0 Å². The lowest BCUT2D eigenvalue weighted by atomic mass is 10.1. The minimum absolute atomic E-state index is 0.112. The summed E-state index contributed by atoms with van der Waals surface area (Å²) in [4.78, 5) is 32.8. The van der Waals surface area contributed by atoms with Crippen molar-refractivity contribution in [1.82, 2.24) is 20.1 Å². The summed E-state index contributed by atoms with van der Waals surface area (Å²) in [5.74, 6) is -0.376. The molecule has 2 heterocycles. The van der Waals surface area contributed by atoms with E-state index in [2.05, 4.69) is 15.2 Å². The van der Waals surface area contributed by atoms with Crippen LogP contribution in [0.2, 0.25) is 0 Å². The third kappa shape index (κ3) is 4.27. The summed E-state index contributed by atoms with van der Waals surface area (Å²) in [7, 11) is 2.04. The van der Waals surface area contributed by atoms with E-state index in [0.717, 1.165) is 13.1 Å². The van der Waals surface area contributed by atoms with Gasteiger partial charge in [0.05, 0.1) is 0 Å². The van der Waals surface area contributed by atoms with Crippen LogP contribution in [0, 0.1) is 0 Å². The number of aromatic nitrogens is 1. The molecule has 1 aromatic heterocycles. The molecule has 0 atom stereocenters. The molecule has 0 spiro atoms. The van der Waals surface area contributed by atoms with Crippen LogP contribution in [0.25, 0.3) is 0 Å². The van der Waals surface area contributed by atoms with Gasteiger partial charge in [-0.15, -0.1) is 0 Å². The minimum Gasteiger partial charge on any atom is -0.346 e. The van der Waals surface area contributed by atoms with Crippen LogP contribution >= 0.6 is 0 Å². The van der Waals surface area contributed by atoms with E-state index in [1.807, 2.05) is 27.8 Å². The van der Waals surface area contributed by atoms with Gasteiger partial charge in [0, 0.05) is 31.7 Å². The molecule has 6 heteroatoms. The minimum atomic E-state index is -0.337. The second-order valence-corrected chi connectivity index (χ2v) is 6.71. The maximum absolute atomic E-state index is 12.5. The molecule has 1 N–H and O–H groups in total. The van der Waals surface area contributed by atoms with Crippen molar-refractivity contribution in [3.8, 4) is 0 Å². The monoisotopic (exact) mass is 304 g/mol. The van der Waals surface area contributed by atoms with Crippen molar-refractivity contribution in [2.45, 2.75) is 26.3 Å². The zero-order chi connectivity index (χ0) is 16.3. The fourth-order valence-corrected chi connectivity index (χ4v) is 2.26. The first-order valence-corrected chi connectivity index (χ1v) is 7.54. The lowest BCUT2D eigenvalue weighted by Crippen LogP contribution is -2.47. The van der Waals surface area contributed by atoms with Gasteiger partial charge in [0.15, 0.2) is 0 Å². The van der Waals surface area contributed by atoms with E-state index in [1.54, 1.807) is 23.1 Å². The molecular weight excluding hydrogens is 280 g/mol. The molecule has 6 nitrogen and oxygen atoms in total. The summed E-state index contributed by atoms with van der Waals surface area (Å²) in [5, 5.41) is 2.85. The molecule has 120 valence electrons. The Labute approximate surface area is 131 Å². The number of hydrogen-bond acceptors (Lipinski definition) is 4. The average Bonchev–Trinajstić information content (AvgIpc) is 2.46. The van der Waals surface area contributed by atoms with Crippen molar-refractivity contribution >= 4 is 11.8 Å². The highest BCUT2D eigenvalue weighted by Crippen LogP contribution is 2.08. The molecule has 0 unspecified atom stereocenters. The first-order valence-electron chi connectivity index (χ1n) is 7.54. The zero-order valence-corrected chi connectivity index (χ0v) is 13.7. The van der Waals surface area contributed by atoms with E-state index in [9.17, 15) is 9.59 Å². The summed E-state index contributed by atoms with van der Waals surface area (Å²) in [6.07, 6.45) is 0. The van der Waals surface area contributed by atoms with Crippen LogP contribution in [-0.2, 0) is 0 Å². The highest BCUT2D eigenvalue weighted by Gasteiger charge is 2.23.